The Balaban J connectivity index is 3.94. The zero-order valence-corrected chi connectivity index (χ0v) is 8.37. The maximum Gasteiger partial charge on any atom is 0.0190 e. The summed E-state index contributed by atoms with van der Waals surface area (Å²) in [7, 11) is 0. The number of rotatable bonds is 4. The van der Waals surface area contributed by atoms with Crippen LogP contribution in [0.4, 0.5) is 0 Å². The van der Waals surface area contributed by atoms with E-state index in [1.807, 2.05) is 6.92 Å². The molecule has 0 aromatic heterocycles. The summed E-state index contributed by atoms with van der Waals surface area (Å²) < 4.78 is 0. The molecule has 0 aromatic rings. The molecule has 1 unspecified atom stereocenters. The minimum atomic E-state index is 0.664. The SMILES string of the molecule is CCC(C)C/C(N)=C(\C)SN. The third-order valence-electron chi connectivity index (χ3n) is 1.89. The van der Waals surface area contributed by atoms with Gasteiger partial charge in [-0.2, -0.15) is 0 Å². The summed E-state index contributed by atoms with van der Waals surface area (Å²) >= 11 is 1.24. The zero-order valence-electron chi connectivity index (χ0n) is 7.55. The molecule has 0 aromatic carbocycles. The molecule has 0 spiro atoms. The van der Waals surface area contributed by atoms with Crippen LogP contribution >= 0.6 is 11.9 Å². The van der Waals surface area contributed by atoms with Crippen LogP contribution in [0.5, 0.6) is 0 Å². The maximum absolute atomic E-state index is 5.78. The average molecular weight is 174 g/mol. The second-order valence-corrected chi connectivity index (χ2v) is 3.76. The van der Waals surface area contributed by atoms with Crippen molar-refractivity contribution in [3.05, 3.63) is 10.6 Å². The van der Waals surface area contributed by atoms with Gasteiger partial charge in [0.15, 0.2) is 0 Å². The molecule has 0 fully saturated rings. The second-order valence-electron chi connectivity index (χ2n) is 2.92. The number of hydrogen-bond acceptors (Lipinski definition) is 3. The van der Waals surface area contributed by atoms with Crippen molar-refractivity contribution in [3.8, 4) is 0 Å². The molecule has 3 heteroatoms. The summed E-state index contributed by atoms with van der Waals surface area (Å²) in [6.07, 6.45) is 2.13. The first kappa shape index (κ1) is 10.8. The van der Waals surface area contributed by atoms with E-state index in [0.29, 0.717) is 5.92 Å². The van der Waals surface area contributed by atoms with Crippen LogP contribution in [-0.2, 0) is 0 Å². The van der Waals surface area contributed by atoms with Gasteiger partial charge in [0, 0.05) is 10.6 Å². The Labute approximate surface area is 73.5 Å². The maximum atomic E-state index is 5.78. The summed E-state index contributed by atoms with van der Waals surface area (Å²) in [5.41, 5.74) is 6.72. The van der Waals surface area contributed by atoms with E-state index in [0.717, 1.165) is 17.0 Å². The molecule has 66 valence electrons. The lowest BCUT2D eigenvalue weighted by atomic mass is 10.0. The van der Waals surface area contributed by atoms with E-state index in [4.69, 9.17) is 10.9 Å². The Morgan fingerprint density at radius 3 is 2.45 bits per heavy atom. The van der Waals surface area contributed by atoms with Crippen molar-refractivity contribution in [2.75, 3.05) is 0 Å². The van der Waals surface area contributed by atoms with Gasteiger partial charge in [0.05, 0.1) is 0 Å². The molecule has 0 heterocycles. The van der Waals surface area contributed by atoms with Gasteiger partial charge >= 0.3 is 0 Å². The predicted octanol–water partition coefficient (Wildman–Crippen LogP) is 2.22. The standard InChI is InChI=1S/C8H18N2S/c1-4-6(2)5-8(9)7(3)11-10/h6H,4-5,9-10H2,1-3H3/b8-7-. The van der Waals surface area contributed by atoms with Crippen LogP contribution < -0.4 is 10.9 Å². The molecule has 0 aliphatic carbocycles. The summed E-state index contributed by atoms with van der Waals surface area (Å²) in [5.74, 6) is 0.664. The molecule has 4 N–H and O–H groups in total. The fraction of sp³-hybridized carbons (Fsp3) is 0.750. The molecular formula is C8H18N2S. The molecule has 0 amide bonds. The van der Waals surface area contributed by atoms with Crippen LogP contribution in [0.1, 0.15) is 33.6 Å². The molecular weight excluding hydrogens is 156 g/mol. The molecule has 11 heavy (non-hydrogen) atoms. The van der Waals surface area contributed by atoms with Gasteiger partial charge < -0.3 is 5.73 Å². The third-order valence-corrected chi connectivity index (χ3v) is 2.51. The van der Waals surface area contributed by atoms with Crippen molar-refractivity contribution in [3.63, 3.8) is 0 Å². The van der Waals surface area contributed by atoms with Gasteiger partial charge in [-0.3, -0.25) is 5.14 Å². The quantitative estimate of drug-likeness (QED) is 0.642. The lowest BCUT2D eigenvalue weighted by Crippen LogP contribution is -2.05. The monoisotopic (exact) mass is 174 g/mol. The molecule has 0 saturated heterocycles. The molecule has 0 aliphatic heterocycles. The fourth-order valence-electron chi connectivity index (χ4n) is 0.739. The van der Waals surface area contributed by atoms with Crippen molar-refractivity contribution < 1.29 is 0 Å². The first-order chi connectivity index (χ1) is 5.11. The molecule has 0 bridgehead atoms. The van der Waals surface area contributed by atoms with Crippen molar-refractivity contribution >= 4 is 11.9 Å². The Morgan fingerprint density at radius 2 is 2.09 bits per heavy atom. The fourth-order valence-corrected chi connectivity index (χ4v) is 0.974. The molecule has 0 rings (SSSR count). The Kier molecular flexibility index (Phi) is 5.42. The van der Waals surface area contributed by atoms with E-state index < -0.39 is 0 Å². The first-order valence-corrected chi connectivity index (χ1v) is 4.81. The van der Waals surface area contributed by atoms with Gasteiger partial charge in [-0.1, -0.05) is 32.2 Å². The first-order valence-electron chi connectivity index (χ1n) is 3.93. The van der Waals surface area contributed by atoms with Crippen LogP contribution in [0, 0.1) is 5.92 Å². The minimum absolute atomic E-state index is 0.664. The largest absolute Gasteiger partial charge is 0.401 e. The van der Waals surface area contributed by atoms with Gasteiger partial charge in [0.1, 0.15) is 0 Å². The van der Waals surface area contributed by atoms with Crippen molar-refractivity contribution in [1.82, 2.24) is 0 Å². The highest BCUT2D eigenvalue weighted by Crippen LogP contribution is 2.17. The van der Waals surface area contributed by atoms with E-state index in [-0.39, 0.29) is 0 Å². The Hall–Kier alpha value is -0.150. The van der Waals surface area contributed by atoms with Gasteiger partial charge in [0.2, 0.25) is 0 Å². The van der Waals surface area contributed by atoms with Crippen LogP contribution in [0.2, 0.25) is 0 Å². The highest BCUT2D eigenvalue weighted by atomic mass is 32.2. The van der Waals surface area contributed by atoms with Crippen LogP contribution in [0.15, 0.2) is 10.6 Å². The van der Waals surface area contributed by atoms with Gasteiger partial charge in [-0.05, 0) is 19.3 Å². The molecule has 2 nitrogen and oxygen atoms in total. The lowest BCUT2D eigenvalue weighted by Gasteiger charge is -2.09. The predicted molar refractivity (Wildman–Crippen MR) is 52.7 cm³/mol. The van der Waals surface area contributed by atoms with Gasteiger partial charge in [0.25, 0.3) is 0 Å². The second kappa shape index (κ2) is 5.49. The van der Waals surface area contributed by atoms with Gasteiger partial charge in [-0.25, -0.2) is 0 Å². The van der Waals surface area contributed by atoms with E-state index in [2.05, 4.69) is 13.8 Å². The Morgan fingerprint density at radius 1 is 1.55 bits per heavy atom. The van der Waals surface area contributed by atoms with E-state index >= 15 is 0 Å². The van der Waals surface area contributed by atoms with E-state index in [9.17, 15) is 0 Å². The van der Waals surface area contributed by atoms with Crippen molar-refractivity contribution in [1.29, 1.82) is 0 Å². The molecule has 0 radical (unpaired) electrons. The average Bonchev–Trinajstić information content (AvgIpc) is 2.02. The molecule has 0 saturated carbocycles. The summed E-state index contributed by atoms with van der Waals surface area (Å²) in [6.45, 7) is 6.33. The zero-order chi connectivity index (χ0) is 8.85. The minimum Gasteiger partial charge on any atom is -0.401 e. The van der Waals surface area contributed by atoms with E-state index in [1.54, 1.807) is 0 Å². The third kappa shape index (κ3) is 4.32. The van der Waals surface area contributed by atoms with Crippen LogP contribution in [-0.4, -0.2) is 0 Å². The topological polar surface area (TPSA) is 52.0 Å². The van der Waals surface area contributed by atoms with Crippen LogP contribution in [0.25, 0.3) is 0 Å². The van der Waals surface area contributed by atoms with E-state index in [1.165, 1.54) is 18.4 Å². The summed E-state index contributed by atoms with van der Waals surface area (Å²) in [4.78, 5) is 1.05. The molecule has 1 atom stereocenters. The Bertz CT molecular complexity index is 143. The normalized spacial score (nSPS) is 16.0. The molecule has 0 aliphatic rings. The summed E-state index contributed by atoms with van der Waals surface area (Å²) in [6, 6.07) is 0. The van der Waals surface area contributed by atoms with Crippen LogP contribution in [0.3, 0.4) is 0 Å². The lowest BCUT2D eigenvalue weighted by molar-refractivity contribution is 0.553. The highest BCUT2D eigenvalue weighted by molar-refractivity contribution is 8.00. The number of allylic oxidation sites excluding steroid dienone is 2. The number of hydrogen-bond donors (Lipinski definition) is 2. The highest BCUT2D eigenvalue weighted by Gasteiger charge is 2.02. The number of nitrogens with two attached hydrogens (primary N) is 2. The van der Waals surface area contributed by atoms with Gasteiger partial charge in [-0.15, -0.1) is 0 Å². The smallest absolute Gasteiger partial charge is 0.0190 e. The van der Waals surface area contributed by atoms with Crippen molar-refractivity contribution in [2.45, 2.75) is 33.6 Å². The van der Waals surface area contributed by atoms with Crippen molar-refractivity contribution in [2.24, 2.45) is 16.8 Å². The summed E-state index contributed by atoms with van der Waals surface area (Å²) in [5, 5.41) is 5.37.